The van der Waals surface area contributed by atoms with Gasteiger partial charge < -0.3 is 10.7 Å². The summed E-state index contributed by atoms with van der Waals surface area (Å²) in [4.78, 5) is 7.41. The second-order valence-electron chi connectivity index (χ2n) is 4.27. The zero-order valence-corrected chi connectivity index (χ0v) is 11.9. The van der Waals surface area contributed by atoms with E-state index in [0.717, 1.165) is 12.2 Å². The van der Waals surface area contributed by atoms with Crippen LogP contribution in [-0.4, -0.2) is 16.5 Å². The summed E-state index contributed by atoms with van der Waals surface area (Å²) in [6.45, 7) is 2.54. The molecule has 0 bridgehead atoms. The Labute approximate surface area is 120 Å². The molecule has 3 N–H and O–H groups in total. The van der Waals surface area contributed by atoms with E-state index >= 15 is 0 Å². The molecule has 0 aliphatic heterocycles. The lowest BCUT2D eigenvalue weighted by Crippen LogP contribution is -2.12. The third-order valence-electron chi connectivity index (χ3n) is 3.06. The van der Waals surface area contributed by atoms with Gasteiger partial charge in [-0.05, 0) is 18.6 Å². The van der Waals surface area contributed by atoms with Crippen LogP contribution in [0, 0.1) is 5.82 Å². The molecule has 3 nitrogen and oxygen atoms in total. The average Bonchev–Trinajstić information content (AvgIpc) is 2.85. The number of aromatic nitrogens is 2. The molecule has 0 amide bonds. The average molecular weight is 302 g/mol. The molecule has 1 atom stereocenters. The third kappa shape index (κ3) is 2.91. The number of nitrogens with two attached hydrogens (primary N) is 1. The van der Waals surface area contributed by atoms with Crippen molar-refractivity contribution >= 4 is 23.2 Å². The summed E-state index contributed by atoms with van der Waals surface area (Å²) in [7, 11) is 0. The fourth-order valence-corrected chi connectivity index (χ4v) is 2.37. The molecule has 0 saturated heterocycles. The minimum absolute atomic E-state index is 0.00174. The summed E-state index contributed by atoms with van der Waals surface area (Å²) in [5.41, 5.74) is 6.86. The lowest BCUT2D eigenvalue weighted by atomic mass is 10.1. The summed E-state index contributed by atoms with van der Waals surface area (Å²) in [5.74, 6) is 0.430. The van der Waals surface area contributed by atoms with Crippen LogP contribution in [0.3, 0.4) is 0 Å². The van der Waals surface area contributed by atoms with Crippen LogP contribution in [0.5, 0.6) is 0 Å². The molecule has 1 unspecified atom stereocenters. The van der Waals surface area contributed by atoms with Crippen molar-refractivity contribution in [2.45, 2.75) is 19.3 Å². The number of aromatic amines is 1. The first-order valence-corrected chi connectivity index (χ1v) is 6.72. The highest BCUT2D eigenvalue weighted by atomic mass is 35.5. The Morgan fingerprint density at radius 2 is 2.11 bits per heavy atom. The largest absolute Gasteiger partial charge is 0.342 e. The van der Waals surface area contributed by atoms with E-state index in [1.165, 1.54) is 12.1 Å². The van der Waals surface area contributed by atoms with E-state index in [0.29, 0.717) is 22.8 Å². The van der Waals surface area contributed by atoms with Gasteiger partial charge in [0.05, 0.1) is 21.9 Å². The van der Waals surface area contributed by atoms with E-state index in [4.69, 9.17) is 28.9 Å². The Bertz CT molecular complexity index is 579. The van der Waals surface area contributed by atoms with E-state index in [9.17, 15) is 4.39 Å². The second-order valence-corrected chi connectivity index (χ2v) is 5.08. The maximum atomic E-state index is 13.5. The number of H-pyrrole nitrogens is 1. The van der Waals surface area contributed by atoms with E-state index < -0.39 is 5.82 Å². The molecule has 2 aromatic rings. The number of imidazole rings is 1. The van der Waals surface area contributed by atoms with Gasteiger partial charge >= 0.3 is 0 Å². The van der Waals surface area contributed by atoms with Crippen LogP contribution in [0.4, 0.5) is 4.39 Å². The Morgan fingerprint density at radius 3 is 2.74 bits per heavy atom. The highest BCUT2D eigenvalue weighted by Gasteiger charge is 2.15. The minimum atomic E-state index is -0.511. The van der Waals surface area contributed by atoms with Gasteiger partial charge in [-0.25, -0.2) is 9.37 Å². The van der Waals surface area contributed by atoms with Gasteiger partial charge in [0.2, 0.25) is 0 Å². The van der Waals surface area contributed by atoms with Crippen molar-refractivity contribution in [2.24, 2.45) is 5.73 Å². The number of benzene rings is 1. The molecule has 0 spiro atoms. The maximum Gasteiger partial charge on any atom is 0.142 e. The van der Waals surface area contributed by atoms with E-state index in [1.807, 2.05) is 6.92 Å². The summed E-state index contributed by atoms with van der Waals surface area (Å²) in [6.07, 6.45) is 2.51. The standard InChI is InChI=1S/C13H14Cl2FN3/c1-2-7(5-17)13-18-6-12(19-13)8-3-11(16)10(15)4-9(8)14/h3-4,6-7H,2,5,17H2,1H3,(H,18,19). The van der Waals surface area contributed by atoms with E-state index in [2.05, 4.69) is 9.97 Å². The van der Waals surface area contributed by atoms with Crippen molar-refractivity contribution < 1.29 is 4.39 Å². The molecular formula is C13H14Cl2FN3. The quantitative estimate of drug-likeness (QED) is 0.839. The fraction of sp³-hybridized carbons (Fsp3) is 0.308. The normalized spacial score (nSPS) is 12.7. The molecule has 0 aliphatic rings. The van der Waals surface area contributed by atoms with Crippen molar-refractivity contribution in [2.75, 3.05) is 6.54 Å². The van der Waals surface area contributed by atoms with Crippen molar-refractivity contribution in [3.63, 3.8) is 0 Å². The van der Waals surface area contributed by atoms with Gasteiger partial charge in [0.1, 0.15) is 11.6 Å². The number of nitrogens with zero attached hydrogens (tertiary/aromatic N) is 1. The molecule has 0 aliphatic carbocycles. The minimum Gasteiger partial charge on any atom is -0.342 e. The Hall–Kier alpha value is -1.10. The fourth-order valence-electron chi connectivity index (χ4n) is 1.88. The predicted molar refractivity (Wildman–Crippen MR) is 76.1 cm³/mol. The number of hydrogen-bond donors (Lipinski definition) is 2. The summed E-state index contributed by atoms with van der Waals surface area (Å²) in [5, 5.41) is 0.379. The van der Waals surface area contributed by atoms with E-state index in [-0.39, 0.29) is 10.9 Å². The first kappa shape index (κ1) is 14.3. The van der Waals surface area contributed by atoms with Gasteiger partial charge in [-0.2, -0.15) is 0 Å². The summed E-state index contributed by atoms with van der Waals surface area (Å²) >= 11 is 11.7. The van der Waals surface area contributed by atoms with Gasteiger partial charge in [-0.15, -0.1) is 0 Å². The molecule has 2 rings (SSSR count). The van der Waals surface area contributed by atoms with Crippen LogP contribution in [0.2, 0.25) is 10.0 Å². The van der Waals surface area contributed by atoms with Gasteiger partial charge in [-0.1, -0.05) is 30.1 Å². The number of hydrogen-bond acceptors (Lipinski definition) is 2. The number of halogens is 3. The monoisotopic (exact) mass is 301 g/mol. The van der Waals surface area contributed by atoms with Crippen LogP contribution in [0.15, 0.2) is 18.3 Å². The van der Waals surface area contributed by atoms with Crippen molar-refractivity contribution in [1.29, 1.82) is 0 Å². The van der Waals surface area contributed by atoms with Crippen molar-refractivity contribution in [1.82, 2.24) is 9.97 Å². The molecule has 19 heavy (non-hydrogen) atoms. The van der Waals surface area contributed by atoms with Crippen LogP contribution in [-0.2, 0) is 0 Å². The lowest BCUT2D eigenvalue weighted by molar-refractivity contribution is 0.628. The molecule has 0 fully saturated rings. The van der Waals surface area contributed by atoms with Gasteiger partial charge in [0.15, 0.2) is 0 Å². The van der Waals surface area contributed by atoms with Crippen LogP contribution in [0.1, 0.15) is 25.1 Å². The number of nitrogens with one attached hydrogen (secondary N) is 1. The Kier molecular flexibility index (Phi) is 4.45. The Morgan fingerprint density at radius 1 is 1.37 bits per heavy atom. The SMILES string of the molecule is CCC(CN)c1ncc(-c2cc(F)c(Cl)cc2Cl)[nH]1. The van der Waals surface area contributed by atoms with Gasteiger partial charge in [0.25, 0.3) is 0 Å². The first-order chi connectivity index (χ1) is 9.06. The molecule has 0 radical (unpaired) electrons. The van der Waals surface area contributed by atoms with Crippen LogP contribution in [0.25, 0.3) is 11.3 Å². The lowest BCUT2D eigenvalue weighted by Gasteiger charge is -2.08. The first-order valence-electron chi connectivity index (χ1n) is 5.96. The zero-order chi connectivity index (χ0) is 14.0. The maximum absolute atomic E-state index is 13.5. The van der Waals surface area contributed by atoms with Crippen LogP contribution >= 0.6 is 23.2 Å². The summed E-state index contributed by atoms with van der Waals surface area (Å²) < 4.78 is 13.5. The topological polar surface area (TPSA) is 54.7 Å². The van der Waals surface area contributed by atoms with Crippen molar-refractivity contribution in [3.05, 3.63) is 40.0 Å². The molecule has 1 heterocycles. The smallest absolute Gasteiger partial charge is 0.142 e. The van der Waals surface area contributed by atoms with Crippen LogP contribution < -0.4 is 5.73 Å². The van der Waals surface area contributed by atoms with Crippen molar-refractivity contribution in [3.8, 4) is 11.3 Å². The molecule has 1 aromatic heterocycles. The number of rotatable bonds is 4. The molecule has 0 saturated carbocycles. The second kappa shape index (κ2) is 5.90. The zero-order valence-electron chi connectivity index (χ0n) is 10.4. The highest BCUT2D eigenvalue weighted by Crippen LogP contribution is 2.32. The van der Waals surface area contributed by atoms with Gasteiger partial charge in [-0.3, -0.25) is 0 Å². The van der Waals surface area contributed by atoms with E-state index in [1.54, 1.807) is 6.20 Å². The summed E-state index contributed by atoms with van der Waals surface area (Å²) in [6, 6.07) is 2.68. The molecular weight excluding hydrogens is 288 g/mol. The Balaban J connectivity index is 2.40. The molecule has 1 aromatic carbocycles. The predicted octanol–water partition coefficient (Wildman–Crippen LogP) is 3.97. The molecule has 102 valence electrons. The third-order valence-corrected chi connectivity index (χ3v) is 3.66. The highest BCUT2D eigenvalue weighted by molar-refractivity contribution is 6.36. The molecule has 6 heteroatoms. The van der Waals surface area contributed by atoms with Gasteiger partial charge in [0, 0.05) is 18.0 Å².